The summed E-state index contributed by atoms with van der Waals surface area (Å²) in [6.07, 6.45) is 1.41. The molecule has 0 aliphatic carbocycles. The van der Waals surface area contributed by atoms with Gasteiger partial charge in [0.25, 0.3) is 5.91 Å². The Morgan fingerprint density at radius 1 is 1.53 bits per heavy atom. The Bertz CT molecular complexity index is 532. The lowest BCUT2D eigenvalue weighted by molar-refractivity contribution is 0.102. The first kappa shape index (κ1) is 11.5. The Hall–Kier alpha value is -2.02. The number of nitrogens with two attached hydrogens (primary N) is 1. The average molecular weight is 252 g/mol. The number of carbonyl (C=O) groups is 1. The van der Waals surface area contributed by atoms with Crippen molar-refractivity contribution in [3.63, 3.8) is 0 Å². The van der Waals surface area contributed by atoms with Crippen molar-refractivity contribution in [2.75, 3.05) is 11.1 Å². The maximum Gasteiger partial charge on any atom is 0.256 e. The highest BCUT2D eigenvalue weighted by Crippen LogP contribution is 2.19. The van der Waals surface area contributed by atoms with Crippen molar-refractivity contribution in [1.29, 1.82) is 0 Å². The topological polar surface area (TPSA) is 80.9 Å². The molecule has 0 aliphatic rings. The summed E-state index contributed by atoms with van der Waals surface area (Å²) in [4.78, 5) is 11.7. The van der Waals surface area contributed by atoms with E-state index in [9.17, 15) is 9.18 Å². The molecular formula is C10H9FN4OS. The number of nitrogens with zero attached hydrogens (tertiary/aromatic N) is 2. The van der Waals surface area contributed by atoms with Crippen molar-refractivity contribution in [2.45, 2.75) is 6.92 Å². The van der Waals surface area contributed by atoms with Crippen molar-refractivity contribution in [3.8, 4) is 0 Å². The van der Waals surface area contributed by atoms with Gasteiger partial charge in [-0.2, -0.15) is 0 Å². The number of halogens is 1. The zero-order chi connectivity index (χ0) is 12.4. The third-order valence-corrected chi connectivity index (χ3v) is 2.82. The fourth-order valence-corrected chi connectivity index (χ4v) is 1.65. The minimum Gasteiger partial charge on any atom is -0.398 e. The van der Waals surface area contributed by atoms with E-state index in [2.05, 4.69) is 14.9 Å². The molecule has 2 aromatic rings. The van der Waals surface area contributed by atoms with Gasteiger partial charge in [0.1, 0.15) is 10.8 Å². The van der Waals surface area contributed by atoms with Gasteiger partial charge in [-0.15, -0.1) is 5.10 Å². The highest BCUT2D eigenvalue weighted by atomic mass is 32.1. The van der Waals surface area contributed by atoms with E-state index in [0.29, 0.717) is 10.6 Å². The number of rotatable bonds is 2. The second-order valence-electron chi connectivity index (χ2n) is 3.41. The number of hydrogen-bond acceptors (Lipinski definition) is 5. The quantitative estimate of drug-likeness (QED) is 0.799. The summed E-state index contributed by atoms with van der Waals surface area (Å²) in [5.41, 5.74) is 6.34. The Morgan fingerprint density at radius 2 is 2.29 bits per heavy atom. The van der Waals surface area contributed by atoms with E-state index in [4.69, 9.17) is 5.73 Å². The molecule has 2 rings (SSSR count). The molecule has 0 radical (unpaired) electrons. The molecule has 0 fully saturated rings. The molecule has 0 bridgehead atoms. The number of amides is 1. The normalized spacial score (nSPS) is 10.2. The summed E-state index contributed by atoms with van der Waals surface area (Å²) in [7, 11) is 0. The van der Waals surface area contributed by atoms with Crippen LogP contribution in [0.2, 0.25) is 0 Å². The maximum atomic E-state index is 13.4. The lowest BCUT2D eigenvalue weighted by atomic mass is 10.1. The molecule has 0 unspecified atom stereocenters. The fourth-order valence-electron chi connectivity index (χ4n) is 1.24. The third kappa shape index (κ3) is 2.39. The van der Waals surface area contributed by atoms with E-state index >= 15 is 0 Å². The molecule has 1 heterocycles. The average Bonchev–Trinajstić information content (AvgIpc) is 2.77. The predicted molar refractivity (Wildman–Crippen MR) is 63.4 cm³/mol. The Kier molecular flexibility index (Phi) is 3.01. The largest absolute Gasteiger partial charge is 0.398 e. The summed E-state index contributed by atoms with van der Waals surface area (Å²) in [6.45, 7) is 1.56. The van der Waals surface area contributed by atoms with Gasteiger partial charge in [-0.3, -0.25) is 4.79 Å². The van der Waals surface area contributed by atoms with Gasteiger partial charge in [0.05, 0.1) is 6.20 Å². The Balaban J connectivity index is 2.26. The van der Waals surface area contributed by atoms with E-state index in [1.807, 2.05) is 0 Å². The van der Waals surface area contributed by atoms with E-state index in [1.54, 1.807) is 6.92 Å². The molecule has 1 aromatic heterocycles. The van der Waals surface area contributed by atoms with E-state index in [0.717, 1.165) is 17.6 Å². The van der Waals surface area contributed by atoms with Crippen LogP contribution >= 0.6 is 11.5 Å². The van der Waals surface area contributed by atoms with Crippen LogP contribution in [0.25, 0.3) is 0 Å². The summed E-state index contributed by atoms with van der Waals surface area (Å²) in [5, 5.41) is 6.61. The SMILES string of the molecule is Cc1c(N)cc(C(=O)Nc2cnns2)cc1F. The van der Waals surface area contributed by atoms with Crippen LogP contribution < -0.4 is 11.1 Å². The summed E-state index contributed by atoms with van der Waals surface area (Å²) in [6, 6.07) is 2.58. The van der Waals surface area contributed by atoms with Gasteiger partial charge in [-0.05, 0) is 19.1 Å². The number of nitrogens with one attached hydrogen (secondary N) is 1. The molecule has 88 valence electrons. The van der Waals surface area contributed by atoms with Crippen LogP contribution in [0.15, 0.2) is 18.3 Å². The number of anilines is 2. The van der Waals surface area contributed by atoms with Gasteiger partial charge in [-0.25, -0.2) is 4.39 Å². The summed E-state index contributed by atoms with van der Waals surface area (Å²) >= 11 is 1.04. The monoisotopic (exact) mass is 252 g/mol. The molecule has 0 saturated heterocycles. The van der Waals surface area contributed by atoms with Gasteiger partial charge in [0.15, 0.2) is 0 Å². The Morgan fingerprint density at radius 3 is 2.88 bits per heavy atom. The zero-order valence-electron chi connectivity index (χ0n) is 8.90. The smallest absolute Gasteiger partial charge is 0.256 e. The van der Waals surface area contributed by atoms with Crippen LogP contribution in [0, 0.1) is 12.7 Å². The highest BCUT2D eigenvalue weighted by Gasteiger charge is 2.12. The van der Waals surface area contributed by atoms with Gasteiger partial charge in [-0.1, -0.05) is 4.49 Å². The second kappa shape index (κ2) is 4.46. The van der Waals surface area contributed by atoms with E-state index in [-0.39, 0.29) is 11.3 Å². The molecule has 17 heavy (non-hydrogen) atoms. The molecule has 0 aliphatic heterocycles. The summed E-state index contributed by atoms with van der Waals surface area (Å²) < 4.78 is 17.0. The van der Waals surface area contributed by atoms with E-state index in [1.165, 1.54) is 12.3 Å². The lowest BCUT2D eigenvalue weighted by Crippen LogP contribution is -2.12. The first-order valence-corrected chi connectivity index (χ1v) is 5.49. The van der Waals surface area contributed by atoms with Crippen LogP contribution in [0.1, 0.15) is 15.9 Å². The standard InChI is InChI=1S/C10H9FN4OS/c1-5-7(11)2-6(3-8(5)12)10(16)14-9-4-13-15-17-9/h2-4H,12H2,1H3,(H,14,16). The number of nitrogen functional groups attached to an aromatic ring is 1. The number of aromatic nitrogens is 2. The molecule has 5 nitrogen and oxygen atoms in total. The van der Waals surface area contributed by atoms with E-state index < -0.39 is 11.7 Å². The van der Waals surface area contributed by atoms with Crippen molar-refractivity contribution in [3.05, 3.63) is 35.3 Å². The third-order valence-electron chi connectivity index (χ3n) is 2.24. The minimum atomic E-state index is -0.502. The first-order valence-electron chi connectivity index (χ1n) is 4.72. The molecule has 1 amide bonds. The summed E-state index contributed by atoms with van der Waals surface area (Å²) in [5.74, 6) is -0.945. The van der Waals surface area contributed by atoms with Crippen molar-refractivity contribution < 1.29 is 9.18 Å². The Labute approximate surface area is 101 Å². The van der Waals surface area contributed by atoms with Crippen LogP contribution in [0.4, 0.5) is 15.1 Å². The van der Waals surface area contributed by atoms with Crippen molar-refractivity contribution >= 4 is 28.1 Å². The fraction of sp³-hybridized carbons (Fsp3) is 0.100. The van der Waals surface area contributed by atoms with Crippen molar-refractivity contribution in [2.24, 2.45) is 0 Å². The van der Waals surface area contributed by atoms with Gasteiger partial charge >= 0.3 is 0 Å². The molecule has 7 heteroatoms. The van der Waals surface area contributed by atoms with Crippen LogP contribution in [0.3, 0.4) is 0 Å². The van der Waals surface area contributed by atoms with Crippen molar-refractivity contribution in [1.82, 2.24) is 9.59 Å². The highest BCUT2D eigenvalue weighted by molar-refractivity contribution is 7.10. The van der Waals surface area contributed by atoms with Gasteiger partial charge < -0.3 is 11.1 Å². The molecule has 0 saturated carbocycles. The first-order chi connectivity index (χ1) is 8.08. The number of benzene rings is 1. The molecule has 1 aromatic carbocycles. The molecular weight excluding hydrogens is 243 g/mol. The lowest BCUT2D eigenvalue weighted by Gasteiger charge is -2.06. The predicted octanol–water partition coefficient (Wildman–Crippen LogP) is 1.82. The van der Waals surface area contributed by atoms with Crippen LogP contribution in [-0.4, -0.2) is 15.5 Å². The minimum absolute atomic E-state index is 0.166. The van der Waals surface area contributed by atoms with Crippen LogP contribution in [-0.2, 0) is 0 Å². The molecule has 0 spiro atoms. The second-order valence-corrected chi connectivity index (χ2v) is 4.19. The molecule has 3 N–H and O–H groups in total. The zero-order valence-corrected chi connectivity index (χ0v) is 9.71. The van der Waals surface area contributed by atoms with Gasteiger partial charge in [0.2, 0.25) is 0 Å². The molecule has 0 atom stereocenters. The van der Waals surface area contributed by atoms with Gasteiger partial charge in [0, 0.05) is 28.3 Å². The number of carbonyl (C=O) groups excluding carboxylic acids is 1. The maximum absolute atomic E-state index is 13.4. The number of hydrogen-bond donors (Lipinski definition) is 2. The van der Waals surface area contributed by atoms with Crippen LogP contribution in [0.5, 0.6) is 0 Å².